The second-order valence-corrected chi connectivity index (χ2v) is 6.36. The number of nitrogens with one attached hydrogen (secondary N) is 1. The van der Waals surface area contributed by atoms with Gasteiger partial charge in [-0.2, -0.15) is 0 Å². The topological polar surface area (TPSA) is 15.3 Å². The number of rotatable bonds is 4. The van der Waals surface area contributed by atoms with Gasteiger partial charge in [-0.25, -0.2) is 0 Å². The lowest BCUT2D eigenvalue weighted by Gasteiger charge is -2.46. The highest BCUT2D eigenvalue weighted by atomic mass is 15.2. The first-order valence-corrected chi connectivity index (χ1v) is 7.82. The van der Waals surface area contributed by atoms with E-state index < -0.39 is 0 Å². The van der Waals surface area contributed by atoms with Crippen molar-refractivity contribution in [3.8, 4) is 0 Å². The number of hydrogen-bond acceptors (Lipinski definition) is 2. The smallest absolute Gasteiger partial charge is 0.0449 e. The van der Waals surface area contributed by atoms with E-state index in [1.807, 2.05) is 0 Å². The third-order valence-electron chi connectivity index (χ3n) is 5.18. The van der Waals surface area contributed by atoms with E-state index in [-0.39, 0.29) is 0 Å². The van der Waals surface area contributed by atoms with Gasteiger partial charge in [0.05, 0.1) is 0 Å². The molecule has 3 rings (SSSR count). The van der Waals surface area contributed by atoms with Crippen LogP contribution >= 0.6 is 0 Å². The van der Waals surface area contributed by atoms with E-state index in [1.54, 1.807) is 0 Å². The Morgan fingerprint density at radius 1 is 1.26 bits per heavy atom. The summed E-state index contributed by atoms with van der Waals surface area (Å²) in [4.78, 5) is 2.69. The predicted octanol–water partition coefficient (Wildman–Crippen LogP) is 3.21. The minimum Gasteiger partial charge on any atom is -0.308 e. The molecule has 2 aliphatic rings. The van der Waals surface area contributed by atoms with Crippen LogP contribution in [0, 0.1) is 5.41 Å². The van der Waals surface area contributed by atoms with Crippen LogP contribution in [0.1, 0.15) is 44.2 Å². The summed E-state index contributed by atoms with van der Waals surface area (Å²) < 4.78 is 0. The van der Waals surface area contributed by atoms with Gasteiger partial charge in [-0.1, -0.05) is 43.7 Å². The van der Waals surface area contributed by atoms with Crippen molar-refractivity contribution in [2.75, 3.05) is 26.2 Å². The van der Waals surface area contributed by atoms with Crippen molar-refractivity contribution in [1.29, 1.82) is 0 Å². The zero-order valence-corrected chi connectivity index (χ0v) is 12.1. The Balaban J connectivity index is 1.62. The fourth-order valence-electron chi connectivity index (χ4n) is 3.64. The molecule has 1 saturated heterocycles. The van der Waals surface area contributed by atoms with Crippen molar-refractivity contribution < 1.29 is 0 Å². The molecule has 1 atom stereocenters. The number of benzene rings is 1. The minimum atomic E-state index is 0.518. The SMILES string of the molecule is CCC1(CN2CCNC(c3ccccc3)C2)CCC1. The molecular weight excluding hydrogens is 232 g/mol. The highest BCUT2D eigenvalue weighted by Crippen LogP contribution is 2.44. The summed E-state index contributed by atoms with van der Waals surface area (Å²) in [5.74, 6) is 0. The average Bonchev–Trinajstić information content (AvgIpc) is 2.44. The van der Waals surface area contributed by atoms with E-state index in [0.29, 0.717) is 11.5 Å². The molecule has 2 heteroatoms. The number of nitrogens with zero attached hydrogens (tertiary/aromatic N) is 1. The van der Waals surface area contributed by atoms with Crippen molar-refractivity contribution in [2.45, 2.75) is 38.6 Å². The molecule has 104 valence electrons. The van der Waals surface area contributed by atoms with E-state index >= 15 is 0 Å². The lowest BCUT2D eigenvalue weighted by molar-refractivity contribution is 0.0481. The summed E-state index contributed by atoms with van der Waals surface area (Å²) in [6.45, 7) is 7.20. The largest absolute Gasteiger partial charge is 0.308 e. The lowest BCUT2D eigenvalue weighted by atomic mass is 9.66. The van der Waals surface area contributed by atoms with Crippen LogP contribution in [0.15, 0.2) is 30.3 Å². The molecule has 1 aromatic rings. The van der Waals surface area contributed by atoms with Gasteiger partial charge in [-0.05, 0) is 30.2 Å². The molecule has 0 bridgehead atoms. The van der Waals surface area contributed by atoms with E-state index in [0.717, 1.165) is 6.54 Å². The van der Waals surface area contributed by atoms with Crippen molar-refractivity contribution in [1.82, 2.24) is 10.2 Å². The van der Waals surface area contributed by atoms with Gasteiger partial charge in [0.1, 0.15) is 0 Å². The maximum Gasteiger partial charge on any atom is 0.0449 e. The molecule has 0 amide bonds. The van der Waals surface area contributed by atoms with Crippen LogP contribution in [0.2, 0.25) is 0 Å². The summed E-state index contributed by atoms with van der Waals surface area (Å²) in [7, 11) is 0. The van der Waals surface area contributed by atoms with Gasteiger partial charge in [-0.3, -0.25) is 4.90 Å². The average molecular weight is 258 g/mol. The lowest BCUT2D eigenvalue weighted by Crippen LogP contribution is -2.51. The standard InChI is InChI=1S/C17H26N2/c1-2-17(9-6-10-17)14-19-12-11-18-16(13-19)15-7-4-3-5-8-15/h3-5,7-8,16,18H,2,6,9-14H2,1H3. The molecule has 2 fully saturated rings. The first-order chi connectivity index (χ1) is 9.31. The molecule has 1 aromatic carbocycles. The first-order valence-electron chi connectivity index (χ1n) is 7.82. The maximum absolute atomic E-state index is 3.66. The molecule has 19 heavy (non-hydrogen) atoms. The Labute approximate surface area is 117 Å². The Morgan fingerprint density at radius 2 is 2.05 bits per heavy atom. The van der Waals surface area contributed by atoms with Crippen LogP contribution in [0.5, 0.6) is 0 Å². The van der Waals surface area contributed by atoms with Gasteiger partial charge in [0.15, 0.2) is 0 Å². The van der Waals surface area contributed by atoms with Crippen molar-refractivity contribution >= 4 is 0 Å². The quantitative estimate of drug-likeness (QED) is 0.892. The third kappa shape index (κ3) is 2.85. The monoisotopic (exact) mass is 258 g/mol. The molecule has 0 radical (unpaired) electrons. The minimum absolute atomic E-state index is 0.518. The number of hydrogen-bond donors (Lipinski definition) is 1. The molecule has 0 spiro atoms. The molecule has 1 unspecified atom stereocenters. The summed E-state index contributed by atoms with van der Waals surface area (Å²) in [6, 6.07) is 11.4. The van der Waals surface area contributed by atoms with Crippen molar-refractivity contribution in [3.63, 3.8) is 0 Å². The highest BCUT2D eigenvalue weighted by Gasteiger charge is 2.37. The maximum atomic E-state index is 3.66. The van der Waals surface area contributed by atoms with Crippen molar-refractivity contribution in [3.05, 3.63) is 35.9 Å². The molecule has 0 aromatic heterocycles. The van der Waals surface area contributed by atoms with Crippen LogP contribution in [0.4, 0.5) is 0 Å². The van der Waals surface area contributed by atoms with Gasteiger partial charge in [-0.15, -0.1) is 0 Å². The van der Waals surface area contributed by atoms with E-state index in [4.69, 9.17) is 0 Å². The highest BCUT2D eigenvalue weighted by molar-refractivity contribution is 5.19. The van der Waals surface area contributed by atoms with Crippen LogP contribution in [0.3, 0.4) is 0 Å². The molecule has 1 saturated carbocycles. The second-order valence-electron chi connectivity index (χ2n) is 6.36. The molecule has 1 heterocycles. The summed E-state index contributed by atoms with van der Waals surface area (Å²) in [6.07, 6.45) is 5.70. The Morgan fingerprint density at radius 3 is 2.68 bits per heavy atom. The summed E-state index contributed by atoms with van der Waals surface area (Å²) in [5.41, 5.74) is 2.09. The molecular formula is C17H26N2. The van der Waals surface area contributed by atoms with Crippen LogP contribution < -0.4 is 5.32 Å². The Kier molecular flexibility index (Phi) is 3.90. The first kappa shape index (κ1) is 13.1. The fourth-order valence-corrected chi connectivity index (χ4v) is 3.64. The Hall–Kier alpha value is -0.860. The zero-order chi connectivity index (χ0) is 13.1. The zero-order valence-electron chi connectivity index (χ0n) is 12.1. The van der Waals surface area contributed by atoms with Crippen molar-refractivity contribution in [2.24, 2.45) is 5.41 Å². The van der Waals surface area contributed by atoms with E-state index in [1.165, 1.54) is 50.9 Å². The van der Waals surface area contributed by atoms with E-state index in [2.05, 4.69) is 47.5 Å². The van der Waals surface area contributed by atoms with Crippen LogP contribution in [0.25, 0.3) is 0 Å². The normalized spacial score (nSPS) is 26.9. The number of piperazine rings is 1. The fraction of sp³-hybridized carbons (Fsp3) is 0.647. The summed E-state index contributed by atoms with van der Waals surface area (Å²) >= 11 is 0. The van der Waals surface area contributed by atoms with Crippen LogP contribution in [-0.4, -0.2) is 31.1 Å². The van der Waals surface area contributed by atoms with Gasteiger partial charge < -0.3 is 5.32 Å². The molecule has 2 nitrogen and oxygen atoms in total. The van der Waals surface area contributed by atoms with E-state index in [9.17, 15) is 0 Å². The molecule has 1 N–H and O–H groups in total. The summed E-state index contributed by atoms with van der Waals surface area (Å²) in [5, 5.41) is 3.66. The van der Waals surface area contributed by atoms with Gasteiger partial charge in [0, 0.05) is 32.2 Å². The molecule has 1 aliphatic heterocycles. The second kappa shape index (κ2) is 5.64. The Bertz CT molecular complexity index is 391. The van der Waals surface area contributed by atoms with Gasteiger partial charge >= 0.3 is 0 Å². The third-order valence-corrected chi connectivity index (χ3v) is 5.18. The van der Waals surface area contributed by atoms with Gasteiger partial charge in [0.25, 0.3) is 0 Å². The van der Waals surface area contributed by atoms with Gasteiger partial charge in [0.2, 0.25) is 0 Å². The molecule has 1 aliphatic carbocycles. The predicted molar refractivity (Wildman–Crippen MR) is 80.2 cm³/mol. The van der Waals surface area contributed by atoms with Crippen LogP contribution in [-0.2, 0) is 0 Å².